The molecule has 1 aliphatic heterocycles. The van der Waals surface area contributed by atoms with Gasteiger partial charge in [0.2, 0.25) is 10.0 Å². The van der Waals surface area contributed by atoms with E-state index in [1.165, 1.54) is 16.4 Å². The van der Waals surface area contributed by atoms with Crippen LogP contribution in [0.5, 0.6) is 5.75 Å². The minimum absolute atomic E-state index is 0.0967. The second-order valence-electron chi connectivity index (χ2n) is 7.70. The van der Waals surface area contributed by atoms with Crippen LogP contribution in [-0.2, 0) is 10.0 Å². The van der Waals surface area contributed by atoms with Crippen molar-refractivity contribution in [1.29, 1.82) is 0 Å². The Morgan fingerprint density at radius 3 is 2.37 bits per heavy atom. The molecule has 3 rings (SSSR count). The molecule has 1 saturated heterocycles. The number of β-amino-alcohol motifs (C(OH)–C–C–N with tert-alkyl or cyclic N) is 1. The molecule has 1 atom stereocenters. The third-order valence-corrected chi connectivity index (χ3v) is 7.21. The Balaban J connectivity index is 1.54. The maximum Gasteiger partial charge on any atom is 0.243 e. The highest BCUT2D eigenvalue weighted by atomic mass is 32.2. The molecule has 0 amide bonds. The zero-order valence-corrected chi connectivity index (χ0v) is 18.2. The van der Waals surface area contributed by atoms with Crippen molar-refractivity contribution in [2.45, 2.75) is 31.3 Å². The van der Waals surface area contributed by atoms with Crippen molar-refractivity contribution >= 4 is 10.0 Å². The summed E-state index contributed by atoms with van der Waals surface area (Å²) >= 11 is 0. The number of para-hydroxylation sites is 1. The number of aryl methyl sites for hydroxylation is 2. The summed E-state index contributed by atoms with van der Waals surface area (Å²) in [5.41, 5.74) is 2.05. The molecule has 0 saturated carbocycles. The third-order valence-electron chi connectivity index (χ3n) is 5.30. The lowest BCUT2D eigenvalue weighted by Gasteiger charge is -2.24. The molecular formula is C22H29FN2O4S. The summed E-state index contributed by atoms with van der Waals surface area (Å²) < 4.78 is 46.0. The fraction of sp³-hybridized carbons (Fsp3) is 0.455. The normalized spacial score (nSPS) is 17.5. The van der Waals surface area contributed by atoms with Crippen molar-refractivity contribution in [3.8, 4) is 5.75 Å². The van der Waals surface area contributed by atoms with Gasteiger partial charge in [0.25, 0.3) is 0 Å². The number of sulfonamides is 1. The van der Waals surface area contributed by atoms with E-state index in [2.05, 4.69) is 4.90 Å². The van der Waals surface area contributed by atoms with Crippen LogP contribution >= 0.6 is 0 Å². The lowest BCUT2D eigenvalue weighted by molar-refractivity contribution is 0.0695. The summed E-state index contributed by atoms with van der Waals surface area (Å²) in [6, 6.07) is 10.8. The molecule has 0 aromatic heterocycles. The second-order valence-corrected chi connectivity index (χ2v) is 9.64. The Morgan fingerprint density at radius 2 is 1.70 bits per heavy atom. The standard InChI is InChI=1S/C22H29FN2O4S/c1-17-5-3-6-18(2)22(17)29-16-20(26)15-24-11-4-12-25(14-13-24)30(27,28)21-9-7-19(23)8-10-21/h3,5-10,20,26H,4,11-16H2,1-2H3/t20-/m1/s1. The number of aliphatic hydroxyl groups excluding tert-OH is 1. The molecule has 0 unspecified atom stereocenters. The van der Waals surface area contributed by atoms with Crippen LogP contribution in [0.3, 0.4) is 0 Å². The van der Waals surface area contributed by atoms with Gasteiger partial charge in [-0.15, -0.1) is 0 Å². The Bertz CT molecular complexity index is 930. The molecule has 2 aromatic carbocycles. The van der Waals surface area contributed by atoms with Crippen LogP contribution in [0.25, 0.3) is 0 Å². The maximum absolute atomic E-state index is 13.1. The van der Waals surface area contributed by atoms with Gasteiger partial charge in [-0.05, 0) is 62.2 Å². The highest BCUT2D eigenvalue weighted by Crippen LogP contribution is 2.22. The van der Waals surface area contributed by atoms with Gasteiger partial charge in [-0.3, -0.25) is 4.90 Å². The maximum atomic E-state index is 13.1. The Hall–Kier alpha value is -2.00. The zero-order valence-electron chi connectivity index (χ0n) is 17.4. The van der Waals surface area contributed by atoms with Gasteiger partial charge in [0.05, 0.1) is 4.90 Å². The highest BCUT2D eigenvalue weighted by molar-refractivity contribution is 7.89. The van der Waals surface area contributed by atoms with Gasteiger partial charge in [0, 0.05) is 26.2 Å². The monoisotopic (exact) mass is 436 g/mol. The second kappa shape index (κ2) is 9.87. The van der Waals surface area contributed by atoms with Crippen LogP contribution in [0.2, 0.25) is 0 Å². The van der Waals surface area contributed by atoms with Crippen LogP contribution in [-0.4, -0.2) is 68.2 Å². The van der Waals surface area contributed by atoms with Crippen molar-refractivity contribution in [3.05, 3.63) is 59.4 Å². The molecule has 0 aliphatic carbocycles. The number of benzene rings is 2. The van der Waals surface area contributed by atoms with Crippen molar-refractivity contribution in [3.63, 3.8) is 0 Å². The van der Waals surface area contributed by atoms with Crippen LogP contribution in [0.1, 0.15) is 17.5 Å². The van der Waals surface area contributed by atoms with E-state index in [1.807, 2.05) is 32.0 Å². The van der Waals surface area contributed by atoms with Gasteiger partial charge < -0.3 is 9.84 Å². The number of hydrogen-bond acceptors (Lipinski definition) is 5. The number of ether oxygens (including phenoxy) is 1. The zero-order chi connectivity index (χ0) is 21.7. The SMILES string of the molecule is Cc1cccc(C)c1OC[C@H](O)CN1CCCN(S(=O)(=O)c2ccc(F)cc2)CC1. The first-order valence-electron chi connectivity index (χ1n) is 10.1. The highest BCUT2D eigenvalue weighted by Gasteiger charge is 2.27. The fourth-order valence-corrected chi connectivity index (χ4v) is 5.15. The van der Waals surface area contributed by atoms with E-state index in [0.29, 0.717) is 39.1 Å². The van der Waals surface area contributed by atoms with E-state index in [4.69, 9.17) is 4.74 Å². The van der Waals surface area contributed by atoms with Crippen molar-refractivity contribution < 1.29 is 22.7 Å². The molecule has 1 aliphatic rings. The van der Waals surface area contributed by atoms with Crippen LogP contribution in [0, 0.1) is 19.7 Å². The Kier molecular flexibility index (Phi) is 7.46. The first-order chi connectivity index (χ1) is 14.3. The van der Waals surface area contributed by atoms with E-state index in [-0.39, 0.29) is 11.5 Å². The summed E-state index contributed by atoms with van der Waals surface area (Å²) in [6.07, 6.45) is -0.0190. The third kappa shape index (κ3) is 5.57. The predicted molar refractivity (Wildman–Crippen MR) is 114 cm³/mol. The number of aliphatic hydroxyl groups is 1. The summed E-state index contributed by atoms with van der Waals surface area (Å²) in [7, 11) is -3.66. The van der Waals surface area contributed by atoms with Gasteiger partial charge in [-0.2, -0.15) is 4.31 Å². The van der Waals surface area contributed by atoms with E-state index >= 15 is 0 Å². The number of hydrogen-bond donors (Lipinski definition) is 1. The average molecular weight is 437 g/mol. The molecule has 2 aromatic rings. The molecule has 1 N–H and O–H groups in total. The lowest BCUT2D eigenvalue weighted by atomic mass is 10.1. The van der Waals surface area contributed by atoms with Gasteiger partial charge in [-0.1, -0.05) is 18.2 Å². The summed E-state index contributed by atoms with van der Waals surface area (Å²) in [5.74, 6) is 0.331. The molecular weight excluding hydrogens is 407 g/mol. The van der Waals surface area contributed by atoms with E-state index < -0.39 is 21.9 Å². The number of halogens is 1. The summed E-state index contributed by atoms with van der Waals surface area (Å²) in [5, 5.41) is 10.4. The molecule has 0 bridgehead atoms. The molecule has 1 fully saturated rings. The molecule has 30 heavy (non-hydrogen) atoms. The minimum atomic E-state index is -3.66. The Morgan fingerprint density at radius 1 is 1.03 bits per heavy atom. The average Bonchev–Trinajstić information content (AvgIpc) is 2.94. The summed E-state index contributed by atoms with van der Waals surface area (Å²) in [4.78, 5) is 2.15. The number of nitrogens with zero attached hydrogens (tertiary/aromatic N) is 2. The smallest absolute Gasteiger partial charge is 0.243 e. The number of rotatable bonds is 7. The van der Waals surface area contributed by atoms with Gasteiger partial charge in [0.1, 0.15) is 24.3 Å². The van der Waals surface area contributed by atoms with Crippen molar-refractivity contribution in [2.24, 2.45) is 0 Å². The van der Waals surface area contributed by atoms with Crippen LogP contribution in [0.4, 0.5) is 4.39 Å². The molecule has 0 spiro atoms. The van der Waals surface area contributed by atoms with Gasteiger partial charge in [-0.25, -0.2) is 12.8 Å². The predicted octanol–water partition coefficient (Wildman–Crippen LogP) is 2.58. The van der Waals surface area contributed by atoms with E-state index in [0.717, 1.165) is 29.0 Å². The molecule has 164 valence electrons. The fourth-order valence-electron chi connectivity index (χ4n) is 3.68. The van der Waals surface area contributed by atoms with E-state index in [9.17, 15) is 17.9 Å². The summed E-state index contributed by atoms with van der Waals surface area (Å²) in [6.45, 7) is 6.46. The Labute approximate surface area is 177 Å². The van der Waals surface area contributed by atoms with Gasteiger partial charge in [0.15, 0.2) is 0 Å². The molecule has 1 heterocycles. The topological polar surface area (TPSA) is 70.1 Å². The lowest BCUT2D eigenvalue weighted by Crippen LogP contribution is -2.39. The molecule has 8 heteroatoms. The first kappa shape index (κ1) is 22.7. The molecule has 6 nitrogen and oxygen atoms in total. The largest absolute Gasteiger partial charge is 0.490 e. The van der Waals surface area contributed by atoms with Crippen LogP contribution < -0.4 is 4.74 Å². The quantitative estimate of drug-likeness (QED) is 0.723. The van der Waals surface area contributed by atoms with Crippen molar-refractivity contribution in [2.75, 3.05) is 39.3 Å². The van der Waals surface area contributed by atoms with Crippen LogP contribution in [0.15, 0.2) is 47.4 Å². The first-order valence-corrected chi connectivity index (χ1v) is 11.6. The molecule has 0 radical (unpaired) electrons. The van der Waals surface area contributed by atoms with Gasteiger partial charge >= 0.3 is 0 Å². The van der Waals surface area contributed by atoms with E-state index in [1.54, 1.807) is 0 Å². The minimum Gasteiger partial charge on any atom is -0.490 e. The van der Waals surface area contributed by atoms with Crippen molar-refractivity contribution in [1.82, 2.24) is 9.21 Å².